The predicted octanol–water partition coefficient (Wildman–Crippen LogP) is 2.93. The Balaban J connectivity index is 3.28. The molecule has 1 rings (SSSR count). The minimum Gasteiger partial charge on any atom is -0.478 e. The van der Waals surface area contributed by atoms with Crippen LogP contribution < -0.4 is 4.90 Å². The van der Waals surface area contributed by atoms with Crippen molar-refractivity contribution in [3.63, 3.8) is 0 Å². The molecule has 0 aliphatic rings. The van der Waals surface area contributed by atoms with Crippen molar-refractivity contribution in [3.05, 3.63) is 40.0 Å². The molecular weight excluding hydrogens is 260 g/mol. The number of benzene rings is 1. The van der Waals surface area contributed by atoms with Crippen LogP contribution in [0.5, 0.6) is 0 Å². The first-order valence-corrected chi connectivity index (χ1v) is 6.06. The van der Waals surface area contributed by atoms with Gasteiger partial charge in [0.2, 0.25) is 0 Å². The number of anilines is 1. The van der Waals surface area contributed by atoms with E-state index in [0.29, 0.717) is 11.3 Å². The van der Waals surface area contributed by atoms with E-state index in [1.807, 2.05) is 25.7 Å². The maximum Gasteiger partial charge on any atom is 0.328 e. The topological polar surface area (TPSA) is 83.7 Å². The van der Waals surface area contributed by atoms with Gasteiger partial charge in [0.25, 0.3) is 5.69 Å². The van der Waals surface area contributed by atoms with Crippen LogP contribution in [0.25, 0.3) is 6.08 Å². The highest BCUT2D eigenvalue weighted by Gasteiger charge is 2.24. The molecule has 0 heterocycles. The summed E-state index contributed by atoms with van der Waals surface area (Å²) in [5.74, 6) is -1.09. The third-order valence-corrected chi connectivity index (χ3v) is 2.98. The Kier molecular flexibility index (Phi) is 4.49. The Bertz CT molecular complexity index is 559. The van der Waals surface area contributed by atoms with E-state index in [1.54, 1.807) is 19.2 Å². The normalized spacial score (nSPS) is 11.6. The Hall–Kier alpha value is -2.37. The lowest BCUT2D eigenvalue weighted by Crippen LogP contribution is -2.38. The Morgan fingerprint density at radius 1 is 1.40 bits per heavy atom. The van der Waals surface area contributed by atoms with Gasteiger partial charge in [-0.05, 0) is 38.5 Å². The lowest BCUT2D eigenvalue weighted by atomic mass is 10.0. The monoisotopic (exact) mass is 278 g/mol. The third kappa shape index (κ3) is 3.81. The first-order chi connectivity index (χ1) is 9.12. The number of carboxylic acids is 1. The second kappa shape index (κ2) is 5.73. The molecule has 0 unspecified atom stereocenters. The van der Waals surface area contributed by atoms with Gasteiger partial charge >= 0.3 is 5.97 Å². The fourth-order valence-electron chi connectivity index (χ4n) is 1.60. The quantitative estimate of drug-likeness (QED) is 0.520. The van der Waals surface area contributed by atoms with Crippen molar-refractivity contribution < 1.29 is 14.8 Å². The van der Waals surface area contributed by atoms with Crippen molar-refractivity contribution in [3.8, 4) is 0 Å². The van der Waals surface area contributed by atoms with E-state index in [4.69, 9.17) is 5.11 Å². The molecule has 0 fully saturated rings. The number of carboxylic acid groups (broad SMARTS) is 1. The zero-order valence-electron chi connectivity index (χ0n) is 12.0. The molecule has 0 atom stereocenters. The summed E-state index contributed by atoms with van der Waals surface area (Å²) in [6.07, 6.45) is 2.28. The SMILES string of the molecule is CN(c1ccc(/C=C/C(=O)O)cc1[N+](=O)[O-])C(C)(C)C. The van der Waals surface area contributed by atoms with Crippen molar-refractivity contribution >= 4 is 23.4 Å². The maximum absolute atomic E-state index is 11.2. The van der Waals surface area contributed by atoms with E-state index in [-0.39, 0.29) is 11.2 Å². The highest BCUT2D eigenvalue weighted by atomic mass is 16.6. The van der Waals surface area contributed by atoms with Crippen molar-refractivity contribution in [2.24, 2.45) is 0 Å². The number of nitro groups is 1. The highest BCUT2D eigenvalue weighted by molar-refractivity contribution is 5.85. The second-order valence-electron chi connectivity index (χ2n) is 5.41. The minimum absolute atomic E-state index is 0.0463. The van der Waals surface area contributed by atoms with Gasteiger partial charge in [-0.15, -0.1) is 0 Å². The van der Waals surface area contributed by atoms with Crippen molar-refractivity contribution in [2.45, 2.75) is 26.3 Å². The number of carbonyl (C=O) groups is 1. The zero-order valence-corrected chi connectivity index (χ0v) is 12.0. The number of hydrogen-bond acceptors (Lipinski definition) is 4. The van der Waals surface area contributed by atoms with Crippen LogP contribution >= 0.6 is 0 Å². The van der Waals surface area contributed by atoms with E-state index < -0.39 is 10.9 Å². The summed E-state index contributed by atoms with van der Waals surface area (Å²) in [6.45, 7) is 5.86. The molecule has 1 aromatic carbocycles. The zero-order chi connectivity index (χ0) is 15.5. The van der Waals surface area contributed by atoms with Gasteiger partial charge in [-0.3, -0.25) is 10.1 Å². The fraction of sp³-hybridized carbons (Fsp3) is 0.357. The summed E-state index contributed by atoms with van der Waals surface area (Å²) in [4.78, 5) is 23.0. The lowest BCUT2D eigenvalue weighted by molar-refractivity contribution is -0.384. The summed E-state index contributed by atoms with van der Waals surface area (Å²) in [5, 5.41) is 19.8. The van der Waals surface area contributed by atoms with Crippen molar-refractivity contribution in [1.82, 2.24) is 0 Å². The molecule has 0 aliphatic heterocycles. The van der Waals surface area contributed by atoms with Gasteiger partial charge in [-0.1, -0.05) is 6.07 Å². The van der Waals surface area contributed by atoms with E-state index in [9.17, 15) is 14.9 Å². The summed E-state index contributed by atoms with van der Waals surface area (Å²) < 4.78 is 0. The Morgan fingerprint density at radius 2 is 2.00 bits per heavy atom. The molecule has 0 spiro atoms. The van der Waals surface area contributed by atoms with Crippen LogP contribution in [0.4, 0.5) is 11.4 Å². The van der Waals surface area contributed by atoms with Crippen molar-refractivity contribution in [2.75, 3.05) is 11.9 Å². The molecule has 1 N–H and O–H groups in total. The highest BCUT2D eigenvalue weighted by Crippen LogP contribution is 2.32. The van der Waals surface area contributed by atoms with Gasteiger partial charge < -0.3 is 10.0 Å². The van der Waals surface area contributed by atoms with Gasteiger partial charge in [0, 0.05) is 24.7 Å². The predicted molar refractivity (Wildman–Crippen MR) is 77.9 cm³/mol. The molecule has 0 radical (unpaired) electrons. The third-order valence-electron chi connectivity index (χ3n) is 2.98. The van der Waals surface area contributed by atoms with Crippen molar-refractivity contribution in [1.29, 1.82) is 0 Å². The molecule has 0 aromatic heterocycles. The van der Waals surface area contributed by atoms with Gasteiger partial charge in [-0.2, -0.15) is 0 Å². The van der Waals surface area contributed by atoms with Crippen LogP contribution in [-0.2, 0) is 4.79 Å². The standard InChI is InChI=1S/C14H18N2O4/c1-14(2,3)15(4)11-7-5-10(6-8-13(17)18)9-12(11)16(19)20/h5-9H,1-4H3,(H,17,18)/b8-6+. The van der Waals surface area contributed by atoms with E-state index in [0.717, 1.165) is 6.08 Å². The fourth-order valence-corrected chi connectivity index (χ4v) is 1.60. The molecule has 20 heavy (non-hydrogen) atoms. The smallest absolute Gasteiger partial charge is 0.328 e. The number of nitro benzene ring substituents is 1. The first-order valence-electron chi connectivity index (χ1n) is 6.06. The number of nitrogens with zero attached hydrogens (tertiary/aromatic N) is 2. The Labute approximate surface area is 117 Å². The Morgan fingerprint density at radius 3 is 2.45 bits per heavy atom. The summed E-state index contributed by atoms with van der Waals surface area (Å²) in [7, 11) is 1.79. The molecule has 1 aromatic rings. The van der Waals surface area contributed by atoms with Gasteiger partial charge in [0.1, 0.15) is 5.69 Å². The van der Waals surface area contributed by atoms with E-state index >= 15 is 0 Å². The van der Waals surface area contributed by atoms with Gasteiger partial charge in [0.15, 0.2) is 0 Å². The second-order valence-corrected chi connectivity index (χ2v) is 5.41. The number of aliphatic carboxylic acids is 1. The van der Waals surface area contributed by atoms with E-state index in [2.05, 4.69) is 0 Å². The molecule has 0 bridgehead atoms. The van der Waals surface area contributed by atoms with Crippen LogP contribution in [-0.4, -0.2) is 28.6 Å². The molecule has 0 saturated heterocycles. The largest absolute Gasteiger partial charge is 0.478 e. The van der Waals surface area contributed by atoms with Gasteiger partial charge in [-0.25, -0.2) is 4.79 Å². The lowest BCUT2D eigenvalue weighted by Gasteiger charge is -2.33. The number of hydrogen-bond donors (Lipinski definition) is 1. The molecular formula is C14H18N2O4. The number of rotatable bonds is 4. The molecule has 0 amide bonds. The average Bonchev–Trinajstić information content (AvgIpc) is 2.33. The average molecular weight is 278 g/mol. The maximum atomic E-state index is 11.2. The molecule has 0 aliphatic carbocycles. The van der Waals surface area contributed by atoms with Crippen LogP contribution in [0.1, 0.15) is 26.3 Å². The molecule has 6 heteroatoms. The molecule has 108 valence electrons. The van der Waals surface area contributed by atoms with Crippen LogP contribution in [0.3, 0.4) is 0 Å². The minimum atomic E-state index is -1.09. The van der Waals surface area contributed by atoms with E-state index in [1.165, 1.54) is 12.1 Å². The van der Waals surface area contributed by atoms with Crippen LogP contribution in [0, 0.1) is 10.1 Å². The molecule has 6 nitrogen and oxygen atoms in total. The summed E-state index contributed by atoms with van der Waals surface area (Å²) in [5.41, 5.74) is 0.665. The summed E-state index contributed by atoms with van der Waals surface area (Å²) in [6, 6.07) is 4.66. The van der Waals surface area contributed by atoms with Gasteiger partial charge in [0.05, 0.1) is 4.92 Å². The first kappa shape index (κ1) is 15.7. The van der Waals surface area contributed by atoms with Crippen LogP contribution in [0.15, 0.2) is 24.3 Å². The van der Waals surface area contributed by atoms with Crippen LogP contribution in [0.2, 0.25) is 0 Å². The molecule has 0 saturated carbocycles. The summed E-state index contributed by atoms with van der Waals surface area (Å²) >= 11 is 0.